The number of ether oxygens (including phenoxy) is 1. The van der Waals surface area contributed by atoms with E-state index in [0.717, 1.165) is 11.3 Å². The van der Waals surface area contributed by atoms with E-state index >= 15 is 0 Å². The lowest BCUT2D eigenvalue weighted by Gasteiger charge is -2.08. The smallest absolute Gasteiger partial charge is 0.123 e. The monoisotopic (exact) mass is 229 g/mol. The highest BCUT2D eigenvalue weighted by Crippen LogP contribution is 2.32. The summed E-state index contributed by atoms with van der Waals surface area (Å²) in [6.45, 7) is 2.55. The second kappa shape index (κ2) is 4.78. The van der Waals surface area contributed by atoms with Gasteiger partial charge in [0.1, 0.15) is 11.5 Å². The molecule has 0 spiro atoms. The number of nitrogen functional groups attached to an aromatic ring is 1. The van der Waals surface area contributed by atoms with Crippen LogP contribution in [-0.4, -0.2) is 11.7 Å². The molecule has 3 N–H and O–H groups in total. The molecule has 0 bridgehead atoms. The van der Waals surface area contributed by atoms with Crippen LogP contribution in [0.1, 0.15) is 6.92 Å². The third-order valence-corrected chi connectivity index (χ3v) is 2.48. The summed E-state index contributed by atoms with van der Waals surface area (Å²) in [5, 5.41) is 9.81. The summed E-state index contributed by atoms with van der Waals surface area (Å²) in [4.78, 5) is 0. The number of phenolic OH excluding ortho intramolecular Hbond substituents is 1. The zero-order valence-electron chi connectivity index (χ0n) is 9.68. The van der Waals surface area contributed by atoms with Crippen LogP contribution in [0, 0.1) is 0 Å². The van der Waals surface area contributed by atoms with E-state index in [-0.39, 0.29) is 5.75 Å². The molecule has 0 aliphatic rings. The van der Waals surface area contributed by atoms with Crippen LogP contribution < -0.4 is 10.5 Å². The number of hydrogen-bond donors (Lipinski definition) is 2. The van der Waals surface area contributed by atoms with E-state index in [2.05, 4.69) is 0 Å². The van der Waals surface area contributed by atoms with Crippen LogP contribution >= 0.6 is 0 Å². The van der Waals surface area contributed by atoms with Gasteiger partial charge in [-0.3, -0.25) is 0 Å². The van der Waals surface area contributed by atoms with E-state index < -0.39 is 0 Å². The van der Waals surface area contributed by atoms with Crippen molar-refractivity contribution in [3.8, 4) is 22.6 Å². The average molecular weight is 229 g/mol. The molecule has 0 fully saturated rings. The molecular formula is C14H15NO2. The molecule has 0 atom stereocenters. The molecule has 0 aromatic heterocycles. The molecule has 3 heteroatoms. The van der Waals surface area contributed by atoms with E-state index in [9.17, 15) is 5.11 Å². The number of rotatable bonds is 3. The Kier molecular flexibility index (Phi) is 3.19. The van der Waals surface area contributed by atoms with Gasteiger partial charge in [-0.05, 0) is 42.8 Å². The quantitative estimate of drug-likeness (QED) is 0.628. The third kappa shape index (κ3) is 2.50. The molecule has 0 amide bonds. The number of anilines is 1. The molecule has 0 heterocycles. The maximum atomic E-state index is 9.81. The van der Waals surface area contributed by atoms with E-state index in [1.807, 2.05) is 31.2 Å². The first-order valence-electron chi connectivity index (χ1n) is 5.52. The van der Waals surface area contributed by atoms with Crippen molar-refractivity contribution in [3.05, 3.63) is 42.5 Å². The van der Waals surface area contributed by atoms with Crippen LogP contribution in [0.15, 0.2) is 42.5 Å². The van der Waals surface area contributed by atoms with E-state index in [1.165, 1.54) is 0 Å². The van der Waals surface area contributed by atoms with Crippen molar-refractivity contribution in [2.24, 2.45) is 0 Å². The largest absolute Gasteiger partial charge is 0.507 e. The Morgan fingerprint density at radius 3 is 2.76 bits per heavy atom. The minimum absolute atomic E-state index is 0.216. The Labute approximate surface area is 100 Å². The average Bonchev–Trinajstić information content (AvgIpc) is 2.33. The fourth-order valence-electron chi connectivity index (χ4n) is 1.70. The third-order valence-electron chi connectivity index (χ3n) is 2.48. The first-order chi connectivity index (χ1) is 8.20. The highest BCUT2D eigenvalue weighted by Gasteiger charge is 2.05. The van der Waals surface area contributed by atoms with Gasteiger partial charge in [0.15, 0.2) is 0 Å². The lowest BCUT2D eigenvalue weighted by Crippen LogP contribution is -1.91. The van der Waals surface area contributed by atoms with Gasteiger partial charge in [0.25, 0.3) is 0 Å². The predicted octanol–water partition coefficient (Wildman–Crippen LogP) is 3.04. The summed E-state index contributed by atoms with van der Waals surface area (Å²) in [5.41, 5.74) is 7.95. The molecule has 0 saturated carbocycles. The van der Waals surface area contributed by atoms with Gasteiger partial charge < -0.3 is 15.6 Å². The molecule has 0 aliphatic carbocycles. The van der Waals surface area contributed by atoms with Crippen molar-refractivity contribution in [1.29, 1.82) is 0 Å². The van der Waals surface area contributed by atoms with Crippen molar-refractivity contribution in [1.82, 2.24) is 0 Å². The Hall–Kier alpha value is -2.16. The van der Waals surface area contributed by atoms with E-state index in [4.69, 9.17) is 10.5 Å². The Morgan fingerprint density at radius 1 is 1.18 bits per heavy atom. The van der Waals surface area contributed by atoms with Gasteiger partial charge in [-0.1, -0.05) is 12.1 Å². The van der Waals surface area contributed by atoms with Crippen molar-refractivity contribution in [2.75, 3.05) is 12.3 Å². The molecule has 17 heavy (non-hydrogen) atoms. The molecule has 0 saturated heterocycles. The van der Waals surface area contributed by atoms with E-state index in [0.29, 0.717) is 17.9 Å². The van der Waals surface area contributed by atoms with Crippen molar-refractivity contribution in [2.45, 2.75) is 6.92 Å². The summed E-state index contributed by atoms with van der Waals surface area (Å²) in [7, 11) is 0. The van der Waals surface area contributed by atoms with Crippen LogP contribution in [-0.2, 0) is 0 Å². The van der Waals surface area contributed by atoms with Crippen molar-refractivity contribution >= 4 is 5.69 Å². The van der Waals surface area contributed by atoms with Gasteiger partial charge in [0.05, 0.1) is 6.61 Å². The predicted molar refractivity (Wildman–Crippen MR) is 69.1 cm³/mol. The normalized spacial score (nSPS) is 10.2. The summed E-state index contributed by atoms with van der Waals surface area (Å²) in [5.74, 6) is 1.000. The van der Waals surface area contributed by atoms with Gasteiger partial charge in [-0.15, -0.1) is 0 Å². The van der Waals surface area contributed by atoms with Gasteiger partial charge in [-0.2, -0.15) is 0 Å². The maximum absolute atomic E-state index is 9.81. The standard InChI is InChI=1S/C14H15NO2/c1-2-17-12-5-3-4-10(8-12)13-9-11(15)6-7-14(13)16/h3-9,16H,2,15H2,1H3. The highest BCUT2D eigenvalue weighted by atomic mass is 16.5. The second-order valence-corrected chi connectivity index (χ2v) is 3.74. The van der Waals surface area contributed by atoms with Crippen LogP contribution in [0.4, 0.5) is 5.69 Å². The molecule has 2 rings (SSSR count). The molecule has 2 aromatic carbocycles. The lowest BCUT2D eigenvalue weighted by atomic mass is 10.0. The molecule has 0 radical (unpaired) electrons. The van der Waals surface area contributed by atoms with E-state index in [1.54, 1.807) is 18.2 Å². The Balaban J connectivity index is 2.45. The van der Waals surface area contributed by atoms with Gasteiger partial charge in [-0.25, -0.2) is 0 Å². The lowest BCUT2D eigenvalue weighted by molar-refractivity contribution is 0.340. The topological polar surface area (TPSA) is 55.5 Å². The zero-order valence-corrected chi connectivity index (χ0v) is 9.68. The Morgan fingerprint density at radius 2 is 2.00 bits per heavy atom. The van der Waals surface area contributed by atoms with Crippen LogP contribution in [0.25, 0.3) is 11.1 Å². The Bertz CT molecular complexity index is 523. The number of aromatic hydroxyl groups is 1. The number of hydrogen-bond acceptors (Lipinski definition) is 3. The first-order valence-corrected chi connectivity index (χ1v) is 5.52. The SMILES string of the molecule is CCOc1cccc(-c2cc(N)ccc2O)c1. The first kappa shape index (κ1) is 11.3. The summed E-state index contributed by atoms with van der Waals surface area (Å²) >= 11 is 0. The van der Waals surface area contributed by atoms with Crippen LogP contribution in [0.3, 0.4) is 0 Å². The zero-order chi connectivity index (χ0) is 12.3. The second-order valence-electron chi connectivity index (χ2n) is 3.74. The summed E-state index contributed by atoms with van der Waals surface area (Å²) < 4.78 is 5.43. The molecule has 3 nitrogen and oxygen atoms in total. The minimum Gasteiger partial charge on any atom is -0.507 e. The number of phenols is 1. The molecule has 0 unspecified atom stereocenters. The van der Waals surface area contributed by atoms with Crippen LogP contribution in [0.5, 0.6) is 11.5 Å². The maximum Gasteiger partial charge on any atom is 0.123 e. The molecule has 88 valence electrons. The highest BCUT2D eigenvalue weighted by molar-refractivity contribution is 5.74. The number of nitrogens with two attached hydrogens (primary N) is 1. The summed E-state index contributed by atoms with van der Waals surface area (Å²) in [6.07, 6.45) is 0. The van der Waals surface area contributed by atoms with Crippen molar-refractivity contribution in [3.63, 3.8) is 0 Å². The van der Waals surface area contributed by atoms with Gasteiger partial charge >= 0.3 is 0 Å². The molecule has 2 aromatic rings. The fourth-order valence-corrected chi connectivity index (χ4v) is 1.70. The molecule has 0 aliphatic heterocycles. The fraction of sp³-hybridized carbons (Fsp3) is 0.143. The van der Waals surface area contributed by atoms with Gasteiger partial charge in [0.2, 0.25) is 0 Å². The number of benzene rings is 2. The molecular weight excluding hydrogens is 214 g/mol. The summed E-state index contributed by atoms with van der Waals surface area (Å²) in [6, 6.07) is 12.6. The van der Waals surface area contributed by atoms with Gasteiger partial charge in [0, 0.05) is 11.3 Å². The minimum atomic E-state index is 0.216. The van der Waals surface area contributed by atoms with Crippen molar-refractivity contribution < 1.29 is 9.84 Å². The van der Waals surface area contributed by atoms with Crippen LogP contribution in [0.2, 0.25) is 0 Å².